The number of esters is 1. The second kappa shape index (κ2) is 7.06. The van der Waals surface area contributed by atoms with E-state index in [0.29, 0.717) is 30.8 Å². The van der Waals surface area contributed by atoms with Crippen LogP contribution in [0.25, 0.3) is 0 Å². The Hall–Kier alpha value is -1.36. The van der Waals surface area contributed by atoms with Crippen molar-refractivity contribution in [3.05, 3.63) is 28.2 Å². The summed E-state index contributed by atoms with van der Waals surface area (Å²) in [6.45, 7) is 0.360. The van der Waals surface area contributed by atoms with E-state index in [4.69, 9.17) is 4.74 Å². The lowest BCUT2D eigenvalue weighted by molar-refractivity contribution is -0.140. The Morgan fingerprint density at radius 1 is 1.47 bits per heavy atom. The number of carbonyl (C=O) groups is 2. The fourth-order valence-corrected chi connectivity index (χ4v) is 1.76. The van der Waals surface area contributed by atoms with E-state index in [1.807, 2.05) is 0 Å². The first-order valence-corrected chi connectivity index (χ1v) is 5.91. The highest BCUT2D eigenvalue weighted by Crippen LogP contribution is 2.28. The van der Waals surface area contributed by atoms with Crippen molar-refractivity contribution in [2.24, 2.45) is 0 Å². The van der Waals surface area contributed by atoms with Gasteiger partial charge in [0.15, 0.2) is 6.29 Å². The SMILES string of the molecule is COC(=O)CCCOc1c(Br)cccc1C=O. The van der Waals surface area contributed by atoms with E-state index in [0.717, 1.165) is 10.8 Å². The molecule has 92 valence electrons. The lowest BCUT2D eigenvalue weighted by atomic mass is 10.2. The Labute approximate surface area is 108 Å². The monoisotopic (exact) mass is 300 g/mol. The zero-order chi connectivity index (χ0) is 12.7. The largest absolute Gasteiger partial charge is 0.492 e. The molecule has 5 heteroatoms. The summed E-state index contributed by atoms with van der Waals surface area (Å²) in [5.41, 5.74) is 0.484. The van der Waals surface area contributed by atoms with Gasteiger partial charge < -0.3 is 9.47 Å². The minimum Gasteiger partial charge on any atom is -0.492 e. The number of aldehydes is 1. The lowest BCUT2D eigenvalue weighted by Crippen LogP contribution is -2.05. The van der Waals surface area contributed by atoms with E-state index in [-0.39, 0.29) is 5.97 Å². The van der Waals surface area contributed by atoms with Gasteiger partial charge in [-0.3, -0.25) is 9.59 Å². The topological polar surface area (TPSA) is 52.6 Å². The minimum absolute atomic E-state index is 0.267. The summed E-state index contributed by atoms with van der Waals surface area (Å²) in [5.74, 6) is 0.240. The van der Waals surface area contributed by atoms with E-state index in [2.05, 4.69) is 20.7 Å². The quantitative estimate of drug-likeness (QED) is 0.460. The van der Waals surface area contributed by atoms with Crippen LogP contribution in [0.2, 0.25) is 0 Å². The van der Waals surface area contributed by atoms with Crippen LogP contribution in [0.3, 0.4) is 0 Å². The van der Waals surface area contributed by atoms with Gasteiger partial charge in [-0.05, 0) is 34.5 Å². The molecule has 0 aliphatic heterocycles. The maximum absolute atomic E-state index is 10.9. The number of para-hydroxylation sites is 1. The molecule has 0 fully saturated rings. The first-order valence-electron chi connectivity index (χ1n) is 5.12. The first-order chi connectivity index (χ1) is 8.19. The van der Waals surface area contributed by atoms with E-state index < -0.39 is 0 Å². The molecule has 0 N–H and O–H groups in total. The van der Waals surface area contributed by atoms with Gasteiger partial charge in [-0.1, -0.05) is 6.07 Å². The summed E-state index contributed by atoms with van der Waals surface area (Å²) in [6.07, 6.45) is 1.59. The number of methoxy groups -OCH3 is 1. The molecule has 0 spiro atoms. The number of rotatable bonds is 6. The number of benzene rings is 1. The molecular formula is C12H13BrO4. The molecule has 4 nitrogen and oxygen atoms in total. The van der Waals surface area contributed by atoms with Crippen molar-refractivity contribution in [2.75, 3.05) is 13.7 Å². The van der Waals surface area contributed by atoms with E-state index in [1.54, 1.807) is 18.2 Å². The van der Waals surface area contributed by atoms with Crippen LogP contribution in [-0.2, 0) is 9.53 Å². The second-order valence-electron chi connectivity index (χ2n) is 3.30. The maximum Gasteiger partial charge on any atom is 0.305 e. The normalized spacial score (nSPS) is 9.76. The second-order valence-corrected chi connectivity index (χ2v) is 4.16. The average molecular weight is 301 g/mol. The fraction of sp³-hybridized carbons (Fsp3) is 0.333. The van der Waals surface area contributed by atoms with E-state index >= 15 is 0 Å². The van der Waals surface area contributed by atoms with Crippen LogP contribution in [0.5, 0.6) is 5.75 Å². The van der Waals surface area contributed by atoms with Gasteiger partial charge >= 0.3 is 5.97 Å². The third kappa shape index (κ3) is 4.19. The van der Waals surface area contributed by atoms with Gasteiger partial charge in [0, 0.05) is 6.42 Å². The molecule has 0 aliphatic rings. The zero-order valence-corrected chi connectivity index (χ0v) is 11.0. The summed E-state index contributed by atoms with van der Waals surface area (Å²) in [6, 6.07) is 5.23. The van der Waals surface area contributed by atoms with Gasteiger partial charge in [-0.25, -0.2) is 0 Å². The lowest BCUT2D eigenvalue weighted by Gasteiger charge is -2.09. The number of carbonyl (C=O) groups excluding carboxylic acids is 2. The van der Waals surface area contributed by atoms with Crippen molar-refractivity contribution in [3.63, 3.8) is 0 Å². The van der Waals surface area contributed by atoms with Crippen molar-refractivity contribution in [3.8, 4) is 5.75 Å². The Kier molecular flexibility index (Phi) is 5.69. The van der Waals surface area contributed by atoms with Gasteiger partial charge in [0.2, 0.25) is 0 Å². The molecule has 0 radical (unpaired) electrons. The number of ether oxygens (including phenoxy) is 2. The molecule has 0 saturated heterocycles. The van der Waals surface area contributed by atoms with Gasteiger partial charge in [-0.15, -0.1) is 0 Å². The Bertz CT molecular complexity index is 403. The van der Waals surface area contributed by atoms with Gasteiger partial charge in [0.1, 0.15) is 5.75 Å². The van der Waals surface area contributed by atoms with Crippen LogP contribution in [-0.4, -0.2) is 26.0 Å². The molecule has 0 saturated carbocycles. The highest BCUT2D eigenvalue weighted by atomic mass is 79.9. The molecule has 17 heavy (non-hydrogen) atoms. The highest BCUT2D eigenvalue weighted by Gasteiger charge is 2.07. The van der Waals surface area contributed by atoms with Crippen LogP contribution in [0.1, 0.15) is 23.2 Å². The summed E-state index contributed by atoms with van der Waals surface area (Å²) in [4.78, 5) is 21.7. The number of hydrogen-bond acceptors (Lipinski definition) is 4. The van der Waals surface area contributed by atoms with Crippen molar-refractivity contribution in [2.45, 2.75) is 12.8 Å². The van der Waals surface area contributed by atoms with E-state index in [1.165, 1.54) is 7.11 Å². The molecule has 0 bridgehead atoms. The van der Waals surface area contributed by atoms with Crippen molar-refractivity contribution in [1.82, 2.24) is 0 Å². The summed E-state index contributed by atoms with van der Waals surface area (Å²) in [7, 11) is 1.35. The Morgan fingerprint density at radius 2 is 2.24 bits per heavy atom. The molecule has 0 heterocycles. The number of hydrogen-bond donors (Lipinski definition) is 0. The summed E-state index contributed by atoms with van der Waals surface area (Å²) < 4.78 is 10.7. The van der Waals surface area contributed by atoms with Crippen LogP contribution in [0.4, 0.5) is 0 Å². The maximum atomic E-state index is 10.9. The Morgan fingerprint density at radius 3 is 2.88 bits per heavy atom. The van der Waals surface area contributed by atoms with Crippen LogP contribution >= 0.6 is 15.9 Å². The van der Waals surface area contributed by atoms with Gasteiger partial charge in [0.25, 0.3) is 0 Å². The molecular weight excluding hydrogens is 288 g/mol. The molecule has 1 aromatic carbocycles. The van der Waals surface area contributed by atoms with Gasteiger partial charge in [0.05, 0.1) is 23.8 Å². The van der Waals surface area contributed by atoms with Crippen LogP contribution in [0.15, 0.2) is 22.7 Å². The average Bonchev–Trinajstić information content (AvgIpc) is 2.35. The predicted molar refractivity (Wildman–Crippen MR) is 66.3 cm³/mol. The fourth-order valence-electron chi connectivity index (χ4n) is 1.26. The summed E-state index contributed by atoms with van der Waals surface area (Å²) >= 11 is 3.31. The molecule has 0 unspecified atom stereocenters. The third-order valence-corrected chi connectivity index (χ3v) is 2.75. The van der Waals surface area contributed by atoms with Crippen LogP contribution in [0, 0.1) is 0 Å². The smallest absolute Gasteiger partial charge is 0.305 e. The van der Waals surface area contributed by atoms with Crippen LogP contribution < -0.4 is 4.74 Å². The van der Waals surface area contributed by atoms with Crippen molar-refractivity contribution < 1.29 is 19.1 Å². The first kappa shape index (κ1) is 13.7. The third-order valence-electron chi connectivity index (χ3n) is 2.12. The van der Waals surface area contributed by atoms with E-state index in [9.17, 15) is 9.59 Å². The van der Waals surface area contributed by atoms with Crippen molar-refractivity contribution >= 4 is 28.2 Å². The molecule has 0 amide bonds. The highest BCUT2D eigenvalue weighted by molar-refractivity contribution is 9.10. The zero-order valence-electron chi connectivity index (χ0n) is 9.44. The van der Waals surface area contributed by atoms with Gasteiger partial charge in [-0.2, -0.15) is 0 Å². The molecule has 0 aromatic heterocycles. The molecule has 0 atom stereocenters. The molecule has 1 rings (SSSR count). The minimum atomic E-state index is -0.267. The standard InChI is InChI=1S/C12H13BrO4/c1-16-11(15)6-3-7-17-12-9(8-14)4-2-5-10(12)13/h2,4-5,8H,3,6-7H2,1H3. The number of halogens is 1. The molecule has 1 aromatic rings. The van der Waals surface area contributed by atoms with Crippen molar-refractivity contribution in [1.29, 1.82) is 0 Å². The summed E-state index contributed by atoms with van der Waals surface area (Å²) in [5, 5.41) is 0. The predicted octanol–water partition coefficient (Wildman–Crippen LogP) is 2.59. The molecule has 0 aliphatic carbocycles. The Balaban J connectivity index is 2.51.